The van der Waals surface area contributed by atoms with Gasteiger partial charge in [0.2, 0.25) is 5.91 Å². The first-order valence-corrected chi connectivity index (χ1v) is 12.2. The van der Waals surface area contributed by atoms with E-state index in [1.54, 1.807) is 43.3 Å². The largest absolute Gasteiger partial charge is 0.497 e. The standard InChI is InChI=1S/C24H23BrN2O8S/c1-4-34-21(29)13-35-22-17(25)9-14(10-18(22)33-3)11-19-23(30)27(24(31)36-19)12-20(28)26-15-5-7-16(32-2)8-6-15/h5-11H,4,12-13H2,1-3H3,(H,26,28)/b19-11-. The average Bonchev–Trinajstić information content (AvgIpc) is 3.10. The summed E-state index contributed by atoms with van der Waals surface area (Å²) in [7, 11) is 2.96. The van der Waals surface area contributed by atoms with Gasteiger partial charge in [-0.3, -0.25) is 19.3 Å². The molecule has 1 aliphatic heterocycles. The van der Waals surface area contributed by atoms with E-state index in [0.29, 0.717) is 27.2 Å². The summed E-state index contributed by atoms with van der Waals surface area (Å²) >= 11 is 4.10. The van der Waals surface area contributed by atoms with E-state index in [2.05, 4.69) is 21.2 Å². The van der Waals surface area contributed by atoms with Crippen molar-refractivity contribution >= 4 is 62.5 Å². The van der Waals surface area contributed by atoms with Crippen LogP contribution in [-0.2, 0) is 19.1 Å². The number of benzene rings is 2. The number of halogens is 1. The van der Waals surface area contributed by atoms with Gasteiger partial charge in [0.15, 0.2) is 18.1 Å². The molecule has 3 amide bonds. The minimum absolute atomic E-state index is 0.145. The molecule has 0 bridgehead atoms. The number of rotatable bonds is 10. The number of anilines is 1. The molecular weight excluding hydrogens is 556 g/mol. The molecule has 1 aliphatic rings. The van der Waals surface area contributed by atoms with Gasteiger partial charge in [0.1, 0.15) is 12.3 Å². The SMILES string of the molecule is CCOC(=O)COc1c(Br)cc(/C=C2\SC(=O)N(CC(=O)Nc3ccc(OC)cc3)C2=O)cc1OC. The number of imide groups is 1. The summed E-state index contributed by atoms with van der Waals surface area (Å²) < 4.78 is 21.2. The van der Waals surface area contributed by atoms with Crippen LogP contribution in [0.2, 0.25) is 0 Å². The van der Waals surface area contributed by atoms with Crippen LogP contribution in [0.5, 0.6) is 17.2 Å². The molecule has 0 unspecified atom stereocenters. The fourth-order valence-electron chi connectivity index (χ4n) is 3.10. The topological polar surface area (TPSA) is 120 Å². The number of nitrogens with one attached hydrogen (secondary N) is 1. The van der Waals surface area contributed by atoms with Crippen LogP contribution in [0.4, 0.5) is 10.5 Å². The molecule has 1 N–H and O–H groups in total. The lowest BCUT2D eigenvalue weighted by Gasteiger charge is -2.13. The zero-order valence-corrected chi connectivity index (χ0v) is 22.1. The van der Waals surface area contributed by atoms with E-state index in [1.165, 1.54) is 20.3 Å². The number of amides is 3. The lowest BCUT2D eigenvalue weighted by Crippen LogP contribution is -2.36. The molecule has 2 aromatic carbocycles. The van der Waals surface area contributed by atoms with Crippen LogP contribution in [0.15, 0.2) is 45.8 Å². The van der Waals surface area contributed by atoms with E-state index < -0.39 is 29.6 Å². The highest BCUT2D eigenvalue weighted by Crippen LogP contribution is 2.39. The van der Waals surface area contributed by atoms with E-state index >= 15 is 0 Å². The van der Waals surface area contributed by atoms with Crippen molar-refractivity contribution in [3.05, 3.63) is 51.3 Å². The average molecular weight is 579 g/mol. The third-order valence-electron chi connectivity index (χ3n) is 4.74. The van der Waals surface area contributed by atoms with Crippen molar-refractivity contribution < 1.29 is 38.1 Å². The highest BCUT2D eigenvalue weighted by atomic mass is 79.9. The number of ether oxygens (including phenoxy) is 4. The second kappa shape index (κ2) is 12.5. The van der Waals surface area contributed by atoms with E-state index in [4.69, 9.17) is 18.9 Å². The van der Waals surface area contributed by atoms with Crippen molar-refractivity contribution in [2.24, 2.45) is 0 Å². The Morgan fingerprint density at radius 3 is 2.47 bits per heavy atom. The van der Waals surface area contributed by atoms with Crippen LogP contribution in [0.1, 0.15) is 12.5 Å². The number of carbonyl (C=O) groups excluding carboxylic acids is 4. The number of hydrogen-bond acceptors (Lipinski definition) is 9. The Labute approximate surface area is 220 Å². The van der Waals surface area contributed by atoms with Crippen molar-refractivity contribution in [2.75, 3.05) is 39.3 Å². The number of thioether (sulfide) groups is 1. The number of hydrogen-bond donors (Lipinski definition) is 1. The Morgan fingerprint density at radius 1 is 1.11 bits per heavy atom. The van der Waals surface area contributed by atoms with Crippen LogP contribution >= 0.6 is 27.7 Å². The molecule has 0 aromatic heterocycles. The molecule has 0 spiro atoms. The zero-order valence-electron chi connectivity index (χ0n) is 19.7. The van der Waals surface area contributed by atoms with Gasteiger partial charge in [-0.15, -0.1) is 0 Å². The highest BCUT2D eigenvalue weighted by molar-refractivity contribution is 9.10. The van der Waals surface area contributed by atoms with Gasteiger partial charge in [-0.05, 0) is 82.7 Å². The van der Waals surface area contributed by atoms with Gasteiger partial charge in [0.25, 0.3) is 11.1 Å². The maximum Gasteiger partial charge on any atom is 0.344 e. The first-order chi connectivity index (χ1) is 17.2. The predicted molar refractivity (Wildman–Crippen MR) is 137 cm³/mol. The summed E-state index contributed by atoms with van der Waals surface area (Å²) in [5.74, 6) is -0.418. The van der Waals surface area contributed by atoms with Crippen LogP contribution < -0.4 is 19.5 Å². The van der Waals surface area contributed by atoms with E-state index in [-0.39, 0.29) is 23.9 Å². The van der Waals surface area contributed by atoms with Crippen molar-refractivity contribution in [1.29, 1.82) is 0 Å². The van der Waals surface area contributed by atoms with E-state index in [9.17, 15) is 19.2 Å². The first kappa shape index (κ1) is 27.1. The summed E-state index contributed by atoms with van der Waals surface area (Å²) in [4.78, 5) is 50.3. The third kappa shape index (κ3) is 6.79. The molecule has 2 aromatic rings. The van der Waals surface area contributed by atoms with Crippen LogP contribution in [-0.4, -0.2) is 61.9 Å². The van der Waals surface area contributed by atoms with Gasteiger partial charge in [-0.2, -0.15) is 0 Å². The quantitative estimate of drug-likeness (QED) is 0.328. The molecular formula is C24H23BrN2O8S. The summed E-state index contributed by atoms with van der Waals surface area (Å²) in [6.45, 7) is 1.19. The Morgan fingerprint density at radius 2 is 1.83 bits per heavy atom. The number of nitrogens with zero attached hydrogens (tertiary/aromatic N) is 1. The summed E-state index contributed by atoms with van der Waals surface area (Å²) in [5.41, 5.74) is 1.04. The number of methoxy groups -OCH3 is 2. The molecule has 0 atom stereocenters. The lowest BCUT2D eigenvalue weighted by atomic mass is 10.2. The van der Waals surface area contributed by atoms with Crippen LogP contribution in [0.3, 0.4) is 0 Å². The zero-order chi connectivity index (χ0) is 26.2. The van der Waals surface area contributed by atoms with E-state index in [1.807, 2.05) is 0 Å². The molecule has 0 aliphatic carbocycles. The minimum Gasteiger partial charge on any atom is -0.497 e. The normalized spacial score (nSPS) is 14.1. The van der Waals surface area contributed by atoms with Crippen molar-refractivity contribution in [3.63, 3.8) is 0 Å². The molecule has 0 saturated carbocycles. The second-order valence-electron chi connectivity index (χ2n) is 7.17. The van der Waals surface area contributed by atoms with Gasteiger partial charge < -0.3 is 24.3 Å². The molecule has 1 saturated heterocycles. The fourth-order valence-corrected chi connectivity index (χ4v) is 4.52. The van der Waals surface area contributed by atoms with Gasteiger partial charge in [0, 0.05) is 5.69 Å². The lowest BCUT2D eigenvalue weighted by molar-refractivity contribution is -0.145. The molecule has 1 heterocycles. The Bertz CT molecular complexity index is 1200. The minimum atomic E-state index is -0.590. The van der Waals surface area contributed by atoms with Gasteiger partial charge in [0.05, 0.1) is 30.2 Å². The van der Waals surface area contributed by atoms with Gasteiger partial charge in [-0.1, -0.05) is 0 Å². The molecule has 3 rings (SSSR count). The molecule has 12 heteroatoms. The Balaban J connectivity index is 1.70. The van der Waals surface area contributed by atoms with Crippen molar-refractivity contribution in [3.8, 4) is 17.2 Å². The first-order valence-electron chi connectivity index (χ1n) is 10.6. The predicted octanol–water partition coefficient (Wildman–Crippen LogP) is 4.08. The maximum absolute atomic E-state index is 12.8. The molecule has 190 valence electrons. The smallest absolute Gasteiger partial charge is 0.344 e. The van der Waals surface area contributed by atoms with Gasteiger partial charge in [-0.25, -0.2) is 4.79 Å². The molecule has 10 nitrogen and oxygen atoms in total. The summed E-state index contributed by atoms with van der Waals surface area (Å²) in [6, 6.07) is 9.89. The summed E-state index contributed by atoms with van der Waals surface area (Å²) in [6.07, 6.45) is 1.51. The molecule has 1 fully saturated rings. The third-order valence-corrected chi connectivity index (χ3v) is 6.23. The molecule has 0 radical (unpaired) electrons. The fraction of sp³-hybridized carbons (Fsp3) is 0.250. The Kier molecular flexibility index (Phi) is 9.37. The Hall–Kier alpha value is -3.51. The highest BCUT2D eigenvalue weighted by Gasteiger charge is 2.36. The number of carbonyl (C=O) groups is 4. The van der Waals surface area contributed by atoms with Crippen molar-refractivity contribution in [2.45, 2.75) is 6.92 Å². The van der Waals surface area contributed by atoms with Crippen molar-refractivity contribution in [1.82, 2.24) is 4.90 Å². The second-order valence-corrected chi connectivity index (χ2v) is 9.02. The monoisotopic (exact) mass is 578 g/mol. The number of esters is 1. The van der Waals surface area contributed by atoms with E-state index in [0.717, 1.165) is 16.7 Å². The van der Waals surface area contributed by atoms with Crippen LogP contribution in [0, 0.1) is 0 Å². The van der Waals surface area contributed by atoms with Crippen LogP contribution in [0.25, 0.3) is 6.08 Å². The maximum atomic E-state index is 12.8. The molecule has 36 heavy (non-hydrogen) atoms. The van der Waals surface area contributed by atoms with Gasteiger partial charge >= 0.3 is 5.97 Å². The summed E-state index contributed by atoms with van der Waals surface area (Å²) in [5, 5.41) is 2.08.